The third-order valence-electron chi connectivity index (χ3n) is 2.72. The molecule has 0 fully saturated rings. The highest BCUT2D eigenvalue weighted by Crippen LogP contribution is 2.18. The number of carbonyl (C=O) groups excluding carboxylic acids is 1. The minimum absolute atomic E-state index is 0.0905. The van der Waals surface area contributed by atoms with E-state index in [9.17, 15) is 28.1 Å². The van der Waals surface area contributed by atoms with Crippen LogP contribution in [0.2, 0.25) is 0 Å². The molecule has 1 aromatic carbocycles. The number of aromatic nitrogens is 1. The van der Waals surface area contributed by atoms with Crippen LogP contribution in [0.1, 0.15) is 10.4 Å². The van der Waals surface area contributed by atoms with Gasteiger partial charge in [0.15, 0.2) is 6.61 Å². The van der Waals surface area contributed by atoms with E-state index in [2.05, 4.69) is 15.0 Å². The number of hydrogen-bond donors (Lipinski definition) is 1. The zero-order valence-electron chi connectivity index (χ0n) is 11.9. The van der Waals surface area contributed by atoms with Gasteiger partial charge >= 0.3 is 6.18 Å². The zero-order valence-corrected chi connectivity index (χ0v) is 11.9. The predicted octanol–water partition coefficient (Wildman–Crippen LogP) is 3.18. The Bertz CT molecular complexity index is 730. The SMILES string of the molecule is O=C(Nc1ccc([N+](=O)[O-])cc1)c1ccc(OCC(F)(F)F)nc1. The molecule has 0 radical (unpaired) electrons. The number of non-ortho nitro benzene ring substituents is 1. The van der Waals surface area contributed by atoms with Crippen molar-refractivity contribution in [1.29, 1.82) is 0 Å². The van der Waals surface area contributed by atoms with Crippen molar-refractivity contribution in [2.75, 3.05) is 11.9 Å². The molecular formula is C14H10F3N3O4. The van der Waals surface area contributed by atoms with Crippen LogP contribution in [0.4, 0.5) is 24.5 Å². The molecule has 0 bridgehead atoms. The number of nitro groups is 1. The molecular weight excluding hydrogens is 331 g/mol. The van der Waals surface area contributed by atoms with Crippen LogP contribution in [0.5, 0.6) is 5.88 Å². The van der Waals surface area contributed by atoms with Crippen LogP contribution in [0.3, 0.4) is 0 Å². The third kappa shape index (κ3) is 4.93. The molecule has 2 rings (SSSR count). The first-order chi connectivity index (χ1) is 11.2. The van der Waals surface area contributed by atoms with Gasteiger partial charge in [-0.1, -0.05) is 0 Å². The van der Waals surface area contributed by atoms with Crippen molar-refractivity contribution in [2.24, 2.45) is 0 Å². The van der Waals surface area contributed by atoms with Gasteiger partial charge in [-0.15, -0.1) is 0 Å². The van der Waals surface area contributed by atoms with Crippen molar-refractivity contribution in [1.82, 2.24) is 4.98 Å². The molecule has 1 amide bonds. The minimum atomic E-state index is -4.48. The number of ether oxygens (including phenoxy) is 1. The molecule has 10 heteroatoms. The molecule has 0 aliphatic rings. The Morgan fingerprint density at radius 1 is 1.21 bits per heavy atom. The smallest absolute Gasteiger partial charge is 0.422 e. The molecule has 1 N–H and O–H groups in total. The van der Waals surface area contributed by atoms with E-state index in [0.29, 0.717) is 5.69 Å². The van der Waals surface area contributed by atoms with Crippen LogP contribution in [-0.4, -0.2) is 28.6 Å². The van der Waals surface area contributed by atoms with Crippen LogP contribution >= 0.6 is 0 Å². The average Bonchev–Trinajstić information content (AvgIpc) is 2.53. The fourth-order valence-corrected chi connectivity index (χ4v) is 1.63. The second-order valence-electron chi connectivity index (χ2n) is 4.55. The number of halogens is 3. The largest absolute Gasteiger partial charge is 0.468 e. The number of anilines is 1. The molecule has 0 aliphatic heterocycles. The molecule has 0 atom stereocenters. The molecule has 0 saturated carbocycles. The van der Waals surface area contributed by atoms with E-state index in [-0.39, 0.29) is 17.1 Å². The van der Waals surface area contributed by atoms with Crippen LogP contribution in [0.25, 0.3) is 0 Å². The van der Waals surface area contributed by atoms with Gasteiger partial charge < -0.3 is 10.1 Å². The normalized spacial score (nSPS) is 11.0. The Labute approximate surface area is 133 Å². The highest BCUT2D eigenvalue weighted by atomic mass is 19.4. The summed E-state index contributed by atoms with van der Waals surface area (Å²) in [6.45, 7) is -1.48. The first kappa shape index (κ1) is 17.2. The van der Waals surface area contributed by atoms with Gasteiger partial charge in [-0.3, -0.25) is 14.9 Å². The van der Waals surface area contributed by atoms with Crippen molar-refractivity contribution in [3.05, 3.63) is 58.3 Å². The second-order valence-corrected chi connectivity index (χ2v) is 4.55. The van der Waals surface area contributed by atoms with Gasteiger partial charge in [0, 0.05) is 30.1 Å². The number of rotatable bonds is 5. The van der Waals surface area contributed by atoms with Gasteiger partial charge in [0.25, 0.3) is 11.6 Å². The third-order valence-corrected chi connectivity index (χ3v) is 2.72. The summed E-state index contributed by atoms with van der Waals surface area (Å²) in [6.07, 6.45) is -3.42. The molecule has 2 aromatic rings. The Hall–Kier alpha value is -3.17. The fourth-order valence-electron chi connectivity index (χ4n) is 1.63. The van der Waals surface area contributed by atoms with E-state index in [4.69, 9.17) is 0 Å². The van der Waals surface area contributed by atoms with E-state index in [0.717, 1.165) is 12.3 Å². The Morgan fingerprint density at radius 3 is 2.38 bits per heavy atom. The van der Waals surface area contributed by atoms with Crippen molar-refractivity contribution in [2.45, 2.75) is 6.18 Å². The number of benzene rings is 1. The maximum absolute atomic E-state index is 12.0. The zero-order chi connectivity index (χ0) is 17.7. The van der Waals surface area contributed by atoms with Gasteiger partial charge in [0.2, 0.25) is 5.88 Å². The second kappa shape index (κ2) is 6.94. The molecule has 7 nitrogen and oxygen atoms in total. The highest BCUT2D eigenvalue weighted by molar-refractivity contribution is 6.04. The standard InChI is InChI=1S/C14H10F3N3O4/c15-14(16,17)8-24-12-6-1-9(7-18-12)13(21)19-10-2-4-11(5-3-10)20(22)23/h1-7H,8H2,(H,19,21). The molecule has 0 spiro atoms. The summed E-state index contributed by atoms with van der Waals surface area (Å²) < 4.78 is 40.5. The fraction of sp³-hybridized carbons (Fsp3) is 0.143. The van der Waals surface area contributed by atoms with Crippen LogP contribution < -0.4 is 10.1 Å². The number of alkyl halides is 3. The number of nitro benzene ring substituents is 1. The minimum Gasteiger partial charge on any atom is -0.468 e. The van der Waals surface area contributed by atoms with E-state index in [1.807, 2.05) is 0 Å². The monoisotopic (exact) mass is 341 g/mol. The molecule has 1 aromatic heterocycles. The van der Waals surface area contributed by atoms with Crippen LogP contribution in [-0.2, 0) is 0 Å². The quantitative estimate of drug-likeness (QED) is 0.666. The summed E-state index contributed by atoms with van der Waals surface area (Å²) in [5.74, 6) is -0.835. The number of carbonyl (C=O) groups is 1. The lowest BCUT2D eigenvalue weighted by molar-refractivity contribution is -0.384. The molecule has 24 heavy (non-hydrogen) atoms. The van der Waals surface area contributed by atoms with Crippen molar-refractivity contribution < 1.29 is 27.6 Å². The van der Waals surface area contributed by atoms with E-state index >= 15 is 0 Å². The van der Waals surface area contributed by atoms with E-state index < -0.39 is 23.6 Å². The van der Waals surface area contributed by atoms with Crippen LogP contribution in [0, 0.1) is 10.1 Å². The molecule has 0 unspecified atom stereocenters. The number of nitrogens with zero attached hydrogens (tertiary/aromatic N) is 2. The van der Waals surface area contributed by atoms with E-state index in [1.54, 1.807) is 0 Å². The maximum Gasteiger partial charge on any atom is 0.422 e. The topological polar surface area (TPSA) is 94.4 Å². The summed E-state index contributed by atoms with van der Waals surface area (Å²) >= 11 is 0. The van der Waals surface area contributed by atoms with Gasteiger partial charge in [0.05, 0.1) is 10.5 Å². The van der Waals surface area contributed by atoms with Gasteiger partial charge in [-0.05, 0) is 18.2 Å². The van der Waals surface area contributed by atoms with Crippen LogP contribution in [0.15, 0.2) is 42.6 Å². The summed E-state index contributed by atoms with van der Waals surface area (Å²) in [7, 11) is 0. The summed E-state index contributed by atoms with van der Waals surface area (Å²) in [5, 5.41) is 13.0. The lowest BCUT2D eigenvalue weighted by Gasteiger charge is -2.09. The Morgan fingerprint density at radius 2 is 1.88 bits per heavy atom. The number of pyridine rings is 1. The molecule has 1 heterocycles. The highest BCUT2D eigenvalue weighted by Gasteiger charge is 2.28. The Kier molecular flexibility index (Phi) is 4.97. The first-order valence-electron chi connectivity index (χ1n) is 6.46. The molecule has 0 aliphatic carbocycles. The van der Waals surface area contributed by atoms with Crippen molar-refractivity contribution in [3.63, 3.8) is 0 Å². The average molecular weight is 341 g/mol. The summed E-state index contributed by atoms with van der Waals surface area (Å²) in [6, 6.07) is 7.54. The van der Waals surface area contributed by atoms with Crippen molar-refractivity contribution >= 4 is 17.3 Å². The first-order valence-corrected chi connectivity index (χ1v) is 6.46. The number of nitrogens with one attached hydrogen (secondary N) is 1. The summed E-state index contributed by atoms with van der Waals surface area (Å²) in [4.78, 5) is 25.5. The van der Waals surface area contributed by atoms with Gasteiger partial charge in [0.1, 0.15) is 0 Å². The number of hydrogen-bond acceptors (Lipinski definition) is 5. The van der Waals surface area contributed by atoms with Crippen molar-refractivity contribution in [3.8, 4) is 5.88 Å². The van der Waals surface area contributed by atoms with Gasteiger partial charge in [-0.2, -0.15) is 13.2 Å². The lowest BCUT2D eigenvalue weighted by atomic mass is 10.2. The number of amides is 1. The molecule has 0 saturated heterocycles. The predicted molar refractivity (Wildman–Crippen MR) is 76.8 cm³/mol. The van der Waals surface area contributed by atoms with E-state index in [1.165, 1.54) is 30.3 Å². The lowest BCUT2D eigenvalue weighted by Crippen LogP contribution is -2.19. The van der Waals surface area contributed by atoms with Gasteiger partial charge in [-0.25, -0.2) is 4.98 Å². The molecule has 126 valence electrons. The summed E-state index contributed by atoms with van der Waals surface area (Å²) in [5.41, 5.74) is 0.288. The Balaban J connectivity index is 1.98. The maximum atomic E-state index is 12.0.